The summed E-state index contributed by atoms with van der Waals surface area (Å²) in [4.78, 5) is 42.8. The normalized spacial score (nSPS) is 17.6. The lowest BCUT2D eigenvalue weighted by Crippen LogP contribution is -2.58. The molecule has 0 aliphatic heterocycles. The van der Waals surface area contributed by atoms with E-state index in [1.807, 2.05) is 6.07 Å². The Labute approximate surface area is 250 Å². The van der Waals surface area contributed by atoms with Gasteiger partial charge in [-0.3, -0.25) is 14.6 Å². The summed E-state index contributed by atoms with van der Waals surface area (Å²) in [6.07, 6.45) is 7.09. The highest BCUT2D eigenvalue weighted by Crippen LogP contribution is 2.54. The molecule has 206 valence electrons. The number of aromatic nitrogens is 1. The van der Waals surface area contributed by atoms with Gasteiger partial charge >= 0.3 is 5.97 Å². The minimum Gasteiger partial charge on any atom is -0.479 e. The van der Waals surface area contributed by atoms with E-state index in [9.17, 15) is 19.5 Å². The maximum Gasteiger partial charge on any atom is 0.334 e. The first kappa shape index (κ1) is 28.3. The number of carboxylic acid groups (broad SMARTS) is 1. The predicted molar refractivity (Wildman–Crippen MR) is 158 cm³/mol. The molecule has 1 atom stereocenters. The van der Waals surface area contributed by atoms with E-state index in [1.54, 1.807) is 48.5 Å². The summed E-state index contributed by atoms with van der Waals surface area (Å²) in [5.74, 6) is -1.51. The quantitative estimate of drug-likeness (QED) is 0.247. The molecule has 0 unspecified atom stereocenters. The number of nitrogens with one attached hydrogen (secondary N) is 2. The zero-order chi connectivity index (χ0) is 28.5. The van der Waals surface area contributed by atoms with Crippen molar-refractivity contribution in [1.82, 2.24) is 10.3 Å². The number of anilines is 1. The third-order valence-electron chi connectivity index (χ3n) is 7.77. The zero-order valence-electron chi connectivity index (χ0n) is 21.3. The van der Waals surface area contributed by atoms with Crippen LogP contribution in [0, 0.1) is 5.41 Å². The van der Waals surface area contributed by atoms with Crippen molar-refractivity contribution in [3.05, 3.63) is 104 Å². The van der Waals surface area contributed by atoms with Crippen LogP contribution < -0.4 is 10.6 Å². The number of allylic oxidation sites excluding steroid dienone is 2. The lowest BCUT2D eigenvalue weighted by atomic mass is 9.62. The summed E-state index contributed by atoms with van der Waals surface area (Å²) in [6.45, 7) is 0. The summed E-state index contributed by atoms with van der Waals surface area (Å²) < 4.78 is 0.419. The van der Waals surface area contributed by atoms with E-state index >= 15 is 0 Å². The molecule has 7 nitrogen and oxygen atoms in total. The van der Waals surface area contributed by atoms with Crippen molar-refractivity contribution in [2.75, 3.05) is 5.32 Å². The van der Waals surface area contributed by atoms with Crippen LogP contribution in [0.4, 0.5) is 5.69 Å². The second-order valence-corrected chi connectivity index (χ2v) is 11.8. The molecule has 2 aliphatic rings. The van der Waals surface area contributed by atoms with E-state index in [-0.39, 0.29) is 27.8 Å². The second kappa shape index (κ2) is 11.4. The van der Waals surface area contributed by atoms with Gasteiger partial charge in [0, 0.05) is 30.2 Å². The fourth-order valence-electron chi connectivity index (χ4n) is 5.63. The van der Waals surface area contributed by atoms with Crippen molar-refractivity contribution in [1.29, 1.82) is 0 Å². The first-order valence-corrected chi connectivity index (χ1v) is 14.4. The molecule has 2 aromatic carbocycles. The van der Waals surface area contributed by atoms with Crippen LogP contribution in [0.3, 0.4) is 0 Å². The van der Waals surface area contributed by atoms with Crippen LogP contribution in [0.2, 0.25) is 10.0 Å². The van der Waals surface area contributed by atoms with Gasteiger partial charge < -0.3 is 15.7 Å². The topological polar surface area (TPSA) is 108 Å². The Morgan fingerprint density at radius 3 is 2.20 bits per heavy atom. The van der Waals surface area contributed by atoms with Gasteiger partial charge in [0.15, 0.2) is 11.3 Å². The lowest BCUT2D eigenvalue weighted by molar-refractivity contribution is -0.146. The molecule has 40 heavy (non-hydrogen) atoms. The van der Waals surface area contributed by atoms with Crippen LogP contribution in [0.1, 0.15) is 53.6 Å². The molecule has 5 rings (SSSR count). The molecule has 1 fully saturated rings. The molecule has 1 amide bonds. The number of aliphatic carboxylic acids is 1. The Balaban J connectivity index is 1.45. The fourth-order valence-corrected chi connectivity index (χ4v) is 7.03. The Morgan fingerprint density at radius 2 is 1.60 bits per heavy atom. The van der Waals surface area contributed by atoms with Crippen LogP contribution in [0.5, 0.6) is 0 Å². The minimum atomic E-state index is -1.54. The average molecular weight is 643 g/mol. The number of halogens is 3. The first-order valence-electron chi connectivity index (χ1n) is 12.9. The van der Waals surface area contributed by atoms with Crippen LogP contribution in [-0.2, 0) is 21.5 Å². The molecule has 1 heterocycles. The molecule has 0 radical (unpaired) electrons. The number of hydrogen-bond donors (Lipinski definition) is 3. The number of pyridine rings is 1. The van der Waals surface area contributed by atoms with Gasteiger partial charge in [-0.15, -0.1) is 0 Å². The van der Waals surface area contributed by atoms with Crippen LogP contribution in [0.15, 0.2) is 77.2 Å². The van der Waals surface area contributed by atoms with E-state index in [0.717, 1.165) is 24.8 Å². The maximum atomic E-state index is 13.1. The molecule has 0 bridgehead atoms. The van der Waals surface area contributed by atoms with Crippen molar-refractivity contribution in [3.8, 4) is 0 Å². The van der Waals surface area contributed by atoms with Crippen LogP contribution >= 0.6 is 39.1 Å². The number of nitrogens with zero attached hydrogens (tertiary/aromatic N) is 1. The lowest BCUT2D eigenvalue weighted by Gasteiger charge is -2.48. The largest absolute Gasteiger partial charge is 0.479 e. The minimum absolute atomic E-state index is 0.0385. The number of rotatable bonds is 8. The zero-order valence-corrected chi connectivity index (χ0v) is 24.4. The number of carboxylic acids is 1. The molecule has 1 spiro atoms. The summed E-state index contributed by atoms with van der Waals surface area (Å²) in [5, 5.41) is 17.1. The number of ketones is 1. The number of benzene rings is 2. The summed E-state index contributed by atoms with van der Waals surface area (Å²) >= 11 is 15.7. The molecule has 2 aliphatic carbocycles. The fraction of sp³-hybridized carbons (Fsp3) is 0.267. The maximum absolute atomic E-state index is 13.1. The molecule has 1 aromatic heterocycles. The highest BCUT2D eigenvalue weighted by atomic mass is 79.9. The number of carbonyl (C=O) groups excluding carboxylic acids is 2. The van der Waals surface area contributed by atoms with E-state index in [4.69, 9.17) is 23.2 Å². The highest BCUT2D eigenvalue weighted by Gasteiger charge is 2.56. The van der Waals surface area contributed by atoms with Gasteiger partial charge in [0.25, 0.3) is 5.91 Å². The van der Waals surface area contributed by atoms with Crippen LogP contribution in [0.25, 0.3) is 0 Å². The number of Topliss-reactive ketones (excluding diaryl/α,β-unsaturated/α-hetero) is 1. The number of hydrogen-bond acceptors (Lipinski definition) is 5. The first-order chi connectivity index (χ1) is 19.2. The molecule has 3 N–H and O–H groups in total. The Kier molecular flexibility index (Phi) is 8.04. The SMILES string of the molecule is O=C(Nc1ccc(C[C@@](NC2=C(Br)C(=O)C23CCCCC3)(C(=O)O)c2ccccc2)cc1)c1c(Cl)cncc1Cl. The van der Waals surface area contributed by atoms with Crippen molar-refractivity contribution in [2.24, 2.45) is 5.41 Å². The molecular weight excluding hydrogens is 617 g/mol. The second-order valence-electron chi connectivity index (χ2n) is 10.2. The molecule has 10 heteroatoms. The van der Waals surface area contributed by atoms with Gasteiger partial charge in [0.1, 0.15) is 0 Å². The third kappa shape index (κ3) is 5.04. The van der Waals surface area contributed by atoms with Gasteiger partial charge in [-0.05, 0) is 52.0 Å². The van der Waals surface area contributed by atoms with E-state index in [2.05, 4.69) is 31.5 Å². The number of amides is 1. The van der Waals surface area contributed by atoms with E-state index in [1.165, 1.54) is 12.4 Å². The van der Waals surface area contributed by atoms with Crippen molar-refractivity contribution in [3.63, 3.8) is 0 Å². The standard InChI is InChI=1S/C30H26BrCl2N3O4/c31-24-25(29(26(24)37)13-5-2-6-14-29)36-30(28(39)40,19-7-3-1-4-8-19)15-18-9-11-20(12-10-18)35-27(38)23-21(32)16-34-17-22(23)33/h1,3-4,7-12,16-17,36H,2,5-6,13-15H2,(H,35,38)(H,39,40)/t30-/m0/s1. The smallest absolute Gasteiger partial charge is 0.334 e. The van der Waals surface area contributed by atoms with E-state index in [0.29, 0.717) is 34.3 Å². The van der Waals surface area contributed by atoms with Gasteiger partial charge in [-0.1, -0.05) is 84.9 Å². The highest BCUT2D eigenvalue weighted by molar-refractivity contribution is 9.12. The molecule has 3 aromatic rings. The Bertz CT molecular complexity index is 1480. The predicted octanol–water partition coefficient (Wildman–Crippen LogP) is 6.89. The molecule has 1 saturated carbocycles. The van der Waals surface area contributed by atoms with Crippen molar-refractivity contribution in [2.45, 2.75) is 44.1 Å². The van der Waals surface area contributed by atoms with Crippen LogP contribution in [-0.4, -0.2) is 27.8 Å². The van der Waals surface area contributed by atoms with Gasteiger partial charge in [0.05, 0.1) is 25.5 Å². The Hall–Kier alpha value is -3.20. The average Bonchev–Trinajstić information content (AvgIpc) is 2.96. The molecule has 0 saturated heterocycles. The van der Waals surface area contributed by atoms with Gasteiger partial charge in [-0.2, -0.15) is 0 Å². The monoisotopic (exact) mass is 641 g/mol. The Morgan fingerprint density at radius 1 is 0.975 bits per heavy atom. The van der Waals surface area contributed by atoms with E-state index < -0.39 is 22.8 Å². The third-order valence-corrected chi connectivity index (χ3v) is 9.10. The van der Waals surface area contributed by atoms with Gasteiger partial charge in [0.2, 0.25) is 0 Å². The summed E-state index contributed by atoms with van der Waals surface area (Å²) in [7, 11) is 0. The summed E-state index contributed by atoms with van der Waals surface area (Å²) in [6, 6.07) is 15.9. The van der Waals surface area contributed by atoms with Crippen molar-refractivity contribution < 1.29 is 19.5 Å². The molecular formula is C30H26BrCl2N3O4. The summed E-state index contributed by atoms with van der Waals surface area (Å²) in [5.41, 5.74) is 0.351. The van der Waals surface area contributed by atoms with Gasteiger partial charge in [-0.25, -0.2) is 4.79 Å². The number of carbonyl (C=O) groups is 3. The van der Waals surface area contributed by atoms with Crippen molar-refractivity contribution >= 4 is 62.5 Å².